The minimum Gasteiger partial charge on any atom is -0.349 e. The van der Waals surface area contributed by atoms with Gasteiger partial charge in [0, 0.05) is 56.9 Å². The highest BCUT2D eigenvalue weighted by Crippen LogP contribution is 2.25. The number of rotatable bonds is 5. The quantitative estimate of drug-likeness (QED) is 0.761. The molecule has 12 heteroatoms. The van der Waals surface area contributed by atoms with Crippen LogP contribution in [0.15, 0.2) is 17.8 Å². The summed E-state index contributed by atoms with van der Waals surface area (Å²) >= 11 is 1.25. The van der Waals surface area contributed by atoms with Gasteiger partial charge in [-0.05, 0) is 0 Å². The first-order chi connectivity index (χ1) is 12.3. The van der Waals surface area contributed by atoms with Crippen LogP contribution in [-0.2, 0) is 7.05 Å². The van der Waals surface area contributed by atoms with Crippen LogP contribution in [0.2, 0.25) is 0 Å². The maximum atomic E-state index is 13.3. The molecule has 1 aliphatic heterocycles. The van der Waals surface area contributed by atoms with Crippen molar-refractivity contribution in [3.63, 3.8) is 0 Å². The first-order valence-corrected chi connectivity index (χ1v) is 8.97. The lowest BCUT2D eigenvalue weighted by Crippen LogP contribution is -2.57. The SMILES string of the molecule is Cl.Cn1cc(-c2nc(C(=O)NCC(N3CCNCC3)C(F)(F)F)cs2)cn1. The Morgan fingerprint density at radius 1 is 1.41 bits per heavy atom. The topological polar surface area (TPSA) is 75.1 Å². The molecule has 1 amide bonds. The molecule has 2 aromatic rings. The molecule has 3 heterocycles. The van der Waals surface area contributed by atoms with Crippen LogP contribution >= 0.6 is 23.7 Å². The number of thiazole rings is 1. The molecule has 7 nitrogen and oxygen atoms in total. The Morgan fingerprint density at radius 3 is 2.70 bits per heavy atom. The Bertz CT molecular complexity index is 759. The van der Waals surface area contributed by atoms with Crippen molar-refractivity contribution < 1.29 is 18.0 Å². The second-order valence-electron chi connectivity index (χ2n) is 5.99. The molecule has 150 valence electrons. The molecular weight excluding hydrogens is 405 g/mol. The van der Waals surface area contributed by atoms with Gasteiger partial charge < -0.3 is 10.6 Å². The van der Waals surface area contributed by atoms with Crippen LogP contribution in [-0.4, -0.2) is 70.5 Å². The van der Waals surface area contributed by atoms with E-state index in [9.17, 15) is 18.0 Å². The fraction of sp³-hybridized carbons (Fsp3) is 0.533. The average molecular weight is 425 g/mol. The Labute approximate surface area is 164 Å². The first kappa shape index (κ1) is 21.6. The number of alkyl halides is 3. The van der Waals surface area contributed by atoms with Gasteiger partial charge in [-0.25, -0.2) is 4.98 Å². The van der Waals surface area contributed by atoms with Crippen LogP contribution in [0.5, 0.6) is 0 Å². The van der Waals surface area contributed by atoms with Crippen LogP contribution in [0.4, 0.5) is 13.2 Å². The van der Waals surface area contributed by atoms with E-state index in [1.54, 1.807) is 24.1 Å². The molecule has 1 fully saturated rings. The predicted octanol–water partition coefficient (Wildman–Crippen LogP) is 1.53. The second kappa shape index (κ2) is 9.00. The summed E-state index contributed by atoms with van der Waals surface area (Å²) in [4.78, 5) is 17.8. The van der Waals surface area contributed by atoms with Gasteiger partial charge in [0.05, 0.1) is 6.20 Å². The molecule has 1 saturated heterocycles. The summed E-state index contributed by atoms with van der Waals surface area (Å²) in [6.45, 7) is 1.09. The number of aryl methyl sites for hydroxylation is 1. The number of amides is 1. The van der Waals surface area contributed by atoms with Crippen molar-refractivity contribution >= 4 is 29.7 Å². The fourth-order valence-corrected chi connectivity index (χ4v) is 3.54. The molecule has 2 N–H and O–H groups in total. The largest absolute Gasteiger partial charge is 0.405 e. The third-order valence-electron chi connectivity index (χ3n) is 4.11. The molecule has 1 unspecified atom stereocenters. The maximum Gasteiger partial charge on any atom is 0.405 e. The smallest absolute Gasteiger partial charge is 0.349 e. The van der Waals surface area contributed by atoms with Crippen molar-refractivity contribution in [1.82, 2.24) is 30.3 Å². The number of carbonyl (C=O) groups excluding carboxylic acids is 1. The number of nitrogens with one attached hydrogen (secondary N) is 2. The van der Waals surface area contributed by atoms with E-state index in [0.29, 0.717) is 31.2 Å². The van der Waals surface area contributed by atoms with Gasteiger partial charge >= 0.3 is 6.18 Å². The second-order valence-corrected chi connectivity index (χ2v) is 6.85. The number of halogens is 4. The van der Waals surface area contributed by atoms with Gasteiger partial charge in [-0.2, -0.15) is 18.3 Å². The fourth-order valence-electron chi connectivity index (χ4n) is 2.77. The molecule has 27 heavy (non-hydrogen) atoms. The van der Waals surface area contributed by atoms with Crippen molar-refractivity contribution in [2.24, 2.45) is 7.05 Å². The van der Waals surface area contributed by atoms with Crippen molar-refractivity contribution in [1.29, 1.82) is 0 Å². The Kier molecular flexibility index (Phi) is 7.20. The number of hydrogen-bond acceptors (Lipinski definition) is 6. The summed E-state index contributed by atoms with van der Waals surface area (Å²) in [5.41, 5.74) is 0.862. The lowest BCUT2D eigenvalue weighted by molar-refractivity contribution is -0.183. The molecular formula is C15H20ClF3N6OS. The molecule has 0 aromatic carbocycles. The number of hydrogen-bond donors (Lipinski definition) is 2. The molecule has 0 aliphatic carbocycles. The van der Waals surface area contributed by atoms with E-state index in [1.165, 1.54) is 21.6 Å². The molecule has 1 atom stereocenters. The summed E-state index contributed by atoms with van der Waals surface area (Å²) in [5.74, 6) is -0.610. The van der Waals surface area contributed by atoms with Gasteiger partial charge in [-0.1, -0.05) is 0 Å². The van der Waals surface area contributed by atoms with E-state index in [0.717, 1.165) is 5.56 Å². The summed E-state index contributed by atoms with van der Waals surface area (Å²) in [5, 5.41) is 11.6. The summed E-state index contributed by atoms with van der Waals surface area (Å²) in [7, 11) is 1.76. The van der Waals surface area contributed by atoms with E-state index >= 15 is 0 Å². The zero-order valence-corrected chi connectivity index (χ0v) is 16.1. The summed E-state index contributed by atoms with van der Waals surface area (Å²) < 4.78 is 41.7. The molecule has 0 saturated carbocycles. The Hall–Kier alpha value is -1.69. The summed E-state index contributed by atoms with van der Waals surface area (Å²) in [6.07, 6.45) is -1.04. The maximum absolute atomic E-state index is 13.3. The molecule has 1 aliphatic rings. The highest BCUT2D eigenvalue weighted by Gasteiger charge is 2.43. The van der Waals surface area contributed by atoms with E-state index < -0.39 is 24.7 Å². The first-order valence-electron chi connectivity index (χ1n) is 8.09. The standard InChI is InChI=1S/C15H19F3N6OS.ClH/c1-23-8-10(6-21-23)14-22-11(9-26-14)13(25)20-7-12(15(16,17)18)24-4-2-19-3-5-24;/h6,8-9,12,19H,2-5,7H2,1H3,(H,20,25);1H. The third kappa shape index (κ3) is 5.41. The lowest BCUT2D eigenvalue weighted by atomic mass is 10.2. The van der Waals surface area contributed by atoms with Crippen molar-refractivity contribution in [3.8, 4) is 10.6 Å². The lowest BCUT2D eigenvalue weighted by Gasteiger charge is -2.35. The van der Waals surface area contributed by atoms with Crippen molar-refractivity contribution in [2.75, 3.05) is 32.7 Å². The molecule has 2 aromatic heterocycles. The van der Waals surface area contributed by atoms with Crippen LogP contribution in [0.3, 0.4) is 0 Å². The van der Waals surface area contributed by atoms with Crippen LogP contribution in [0.1, 0.15) is 10.5 Å². The molecule has 3 rings (SSSR count). The molecule has 0 spiro atoms. The predicted molar refractivity (Wildman–Crippen MR) is 98.2 cm³/mol. The number of piperazine rings is 1. The third-order valence-corrected chi connectivity index (χ3v) is 5.01. The normalized spacial score (nSPS) is 16.6. The van der Waals surface area contributed by atoms with Gasteiger partial charge in [0.1, 0.15) is 16.7 Å². The van der Waals surface area contributed by atoms with Gasteiger partial charge in [-0.15, -0.1) is 23.7 Å². The van der Waals surface area contributed by atoms with Gasteiger partial charge in [0.2, 0.25) is 0 Å². The van der Waals surface area contributed by atoms with E-state index in [2.05, 4.69) is 20.7 Å². The number of nitrogens with zero attached hydrogens (tertiary/aromatic N) is 4. The Morgan fingerprint density at radius 2 is 2.11 bits per heavy atom. The van der Waals surface area contributed by atoms with Crippen LogP contribution < -0.4 is 10.6 Å². The highest BCUT2D eigenvalue weighted by atomic mass is 35.5. The monoisotopic (exact) mass is 424 g/mol. The average Bonchev–Trinajstić information content (AvgIpc) is 3.23. The van der Waals surface area contributed by atoms with E-state index in [4.69, 9.17) is 0 Å². The number of carbonyl (C=O) groups is 1. The zero-order valence-electron chi connectivity index (χ0n) is 14.5. The van der Waals surface area contributed by atoms with E-state index in [1.807, 2.05) is 0 Å². The van der Waals surface area contributed by atoms with Gasteiger partial charge in [0.25, 0.3) is 5.91 Å². The van der Waals surface area contributed by atoms with Crippen LogP contribution in [0.25, 0.3) is 10.6 Å². The van der Waals surface area contributed by atoms with Crippen molar-refractivity contribution in [3.05, 3.63) is 23.5 Å². The minimum absolute atomic E-state index is 0. The van der Waals surface area contributed by atoms with E-state index in [-0.39, 0.29) is 18.1 Å². The van der Waals surface area contributed by atoms with Gasteiger partial charge in [0.15, 0.2) is 0 Å². The van der Waals surface area contributed by atoms with Crippen molar-refractivity contribution in [2.45, 2.75) is 12.2 Å². The zero-order chi connectivity index (χ0) is 18.7. The molecule has 0 bridgehead atoms. The van der Waals surface area contributed by atoms with Crippen LogP contribution in [0, 0.1) is 0 Å². The highest BCUT2D eigenvalue weighted by molar-refractivity contribution is 7.13. The Balaban J connectivity index is 0.00000261. The minimum atomic E-state index is -4.41. The number of aromatic nitrogens is 3. The molecule has 0 radical (unpaired) electrons. The summed E-state index contributed by atoms with van der Waals surface area (Å²) in [6, 6.07) is -1.70. The van der Waals surface area contributed by atoms with Gasteiger partial charge in [-0.3, -0.25) is 14.4 Å².